The molecule has 0 aliphatic heterocycles. The van der Waals surface area contributed by atoms with Crippen LogP contribution in [0.2, 0.25) is 0 Å². The van der Waals surface area contributed by atoms with Gasteiger partial charge in [-0.25, -0.2) is 4.57 Å². The molecule has 1 unspecified atom stereocenters. The number of carbonyl (C=O) groups excluding carboxylic acids is 2. The summed E-state index contributed by atoms with van der Waals surface area (Å²) < 4.78 is 33.2. The molecule has 0 spiro atoms. The third-order valence-corrected chi connectivity index (χ3v) is 5.98. The van der Waals surface area contributed by atoms with E-state index < -0.39 is 32.5 Å². The fraction of sp³-hybridized carbons (Fsp3) is 0.840. The summed E-state index contributed by atoms with van der Waals surface area (Å²) in [5.41, 5.74) is 0. The number of hydrogen-bond donors (Lipinski definition) is 1. The molecule has 0 aromatic rings. The SMILES string of the molecule is CCC/C=C\CCCCCCCC(=O)O[C@@H](COC(=O)CCC)COP(=O)(O)OCC[N+](C)(C)C. The second-order valence-electron chi connectivity index (χ2n) is 9.72. The number of allylic oxidation sites excluding steroid dienone is 2. The van der Waals surface area contributed by atoms with Crippen molar-refractivity contribution < 1.29 is 42.1 Å². The number of unbranched alkanes of at least 4 members (excludes halogenated alkanes) is 6. The van der Waals surface area contributed by atoms with Crippen LogP contribution in [0.15, 0.2) is 12.2 Å². The average Bonchev–Trinajstić information content (AvgIpc) is 2.76. The Morgan fingerprint density at radius 1 is 0.857 bits per heavy atom. The first-order valence-corrected chi connectivity index (χ1v) is 14.4. The minimum atomic E-state index is -4.33. The molecular weight excluding hydrogens is 473 g/mol. The third-order valence-electron chi connectivity index (χ3n) is 5.00. The van der Waals surface area contributed by atoms with E-state index in [9.17, 15) is 19.0 Å². The lowest BCUT2D eigenvalue weighted by molar-refractivity contribution is -0.870. The summed E-state index contributed by atoms with van der Waals surface area (Å²) in [5.74, 6) is -0.879. The van der Waals surface area contributed by atoms with Crippen molar-refractivity contribution in [1.29, 1.82) is 0 Å². The summed E-state index contributed by atoms with van der Waals surface area (Å²) in [6, 6.07) is 0. The van der Waals surface area contributed by atoms with Crippen molar-refractivity contribution in [3.8, 4) is 0 Å². The van der Waals surface area contributed by atoms with E-state index in [2.05, 4.69) is 19.1 Å². The fourth-order valence-electron chi connectivity index (χ4n) is 2.93. The van der Waals surface area contributed by atoms with Gasteiger partial charge in [-0.1, -0.05) is 51.7 Å². The molecule has 35 heavy (non-hydrogen) atoms. The van der Waals surface area contributed by atoms with Crippen LogP contribution >= 0.6 is 7.82 Å². The predicted molar refractivity (Wildman–Crippen MR) is 137 cm³/mol. The van der Waals surface area contributed by atoms with Crippen LogP contribution < -0.4 is 0 Å². The van der Waals surface area contributed by atoms with E-state index in [0.717, 1.165) is 38.5 Å². The largest absolute Gasteiger partial charge is 0.472 e. The number of phosphoric acid groups is 1. The Labute approximate surface area is 212 Å². The van der Waals surface area contributed by atoms with Crippen molar-refractivity contribution in [2.75, 3.05) is 47.5 Å². The van der Waals surface area contributed by atoms with Gasteiger partial charge in [-0.3, -0.25) is 18.6 Å². The first-order valence-electron chi connectivity index (χ1n) is 12.9. The number of quaternary nitrogens is 1. The van der Waals surface area contributed by atoms with E-state index in [1.165, 1.54) is 6.42 Å². The zero-order valence-corrected chi connectivity index (χ0v) is 23.4. The number of likely N-dealkylation sites (N-methyl/N-ethyl adjacent to an activating group) is 1. The van der Waals surface area contributed by atoms with Gasteiger partial charge in [-0.2, -0.15) is 0 Å². The molecule has 0 heterocycles. The molecule has 0 saturated heterocycles. The Morgan fingerprint density at radius 2 is 1.51 bits per heavy atom. The van der Waals surface area contributed by atoms with Crippen molar-refractivity contribution in [1.82, 2.24) is 0 Å². The summed E-state index contributed by atoms with van der Waals surface area (Å²) in [5, 5.41) is 0. The Bertz CT molecular complexity index is 648. The molecule has 0 saturated carbocycles. The molecule has 0 radical (unpaired) electrons. The van der Waals surface area contributed by atoms with E-state index in [1.54, 1.807) is 0 Å². The molecule has 0 aliphatic carbocycles. The number of carbonyl (C=O) groups is 2. The van der Waals surface area contributed by atoms with Gasteiger partial charge in [0, 0.05) is 12.8 Å². The van der Waals surface area contributed by atoms with Crippen LogP contribution in [0.5, 0.6) is 0 Å². The molecule has 0 aliphatic rings. The lowest BCUT2D eigenvalue weighted by atomic mass is 10.1. The number of phosphoric ester groups is 1. The summed E-state index contributed by atoms with van der Waals surface area (Å²) in [6.45, 7) is 3.90. The molecule has 0 aromatic carbocycles. The van der Waals surface area contributed by atoms with Crippen LogP contribution in [0, 0.1) is 0 Å². The highest BCUT2D eigenvalue weighted by molar-refractivity contribution is 7.47. The van der Waals surface area contributed by atoms with Crippen LogP contribution in [0.1, 0.15) is 84.5 Å². The van der Waals surface area contributed by atoms with Crippen LogP contribution in [-0.4, -0.2) is 74.9 Å². The summed E-state index contributed by atoms with van der Waals surface area (Å²) in [4.78, 5) is 33.9. The van der Waals surface area contributed by atoms with E-state index in [4.69, 9.17) is 18.5 Å². The standard InChI is InChI=1S/C25H48NO8P/c1-6-8-9-10-11-12-13-14-15-16-18-25(28)34-23(21-31-24(27)17-7-2)22-33-35(29,30)32-20-19-26(3,4)5/h9-10,23H,6-8,11-22H2,1-5H3/p+1/b10-9-/t23-/m0/s1. The van der Waals surface area contributed by atoms with Gasteiger partial charge in [0.1, 0.15) is 19.8 Å². The second-order valence-corrected chi connectivity index (χ2v) is 11.2. The van der Waals surface area contributed by atoms with Gasteiger partial charge in [-0.15, -0.1) is 0 Å². The molecule has 9 nitrogen and oxygen atoms in total. The summed E-state index contributed by atoms with van der Waals surface area (Å²) >= 11 is 0. The zero-order chi connectivity index (χ0) is 26.6. The van der Waals surface area contributed by atoms with Crippen molar-refractivity contribution >= 4 is 19.8 Å². The van der Waals surface area contributed by atoms with Gasteiger partial charge < -0.3 is 18.9 Å². The number of rotatable bonds is 22. The maximum absolute atomic E-state index is 12.3. The van der Waals surface area contributed by atoms with Gasteiger partial charge in [0.25, 0.3) is 0 Å². The third kappa shape index (κ3) is 22.9. The highest BCUT2D eigenvalue weighted by Crippen LogP contribution is 2.43. The summed E-state index contributed by atoms with van der Waals surface area (Å²) in [7, 11) is 1.46. The molecule has 0 amide bonds. The topological polar surface area (TPSA) is 108 Å². The van der Waals surface area contributed by atoms with Crippen LogP contribution in [0.3, 0.4) is 0 Å². The van der Waals surface area contributed by atoms with Crippen LogP contribution in [-0.2, 0) is 32.7 Å². The molecule has 0 fully saturated rings. The lowest BCUT2D eigenvalue weighted by Gasteiger charge is -2.24. The molecular formula is C25H49NO8P+. The van der Waals surface area contributed by atoms with E-state index in [0.29, 0.717) is 23.9 Å². The van der Waals surface area contributed by atoms with Gasteiger partial charge >= 0.3 is 19.8 Å². The van der Waals surface area contributed by atoms with E-state index in [1.807, 2.05) is 28.1 Å². The zero-order valence-electron chi connectivity index (χ0n) is 22.5. The normalized spacial score (nSPS) is 14.6. The minimum Gasteiger partial charge on any atom is -0.462 e. The monoisotopic (exact) mass is 522 g/mol. The van der Waals surface area contributed by atoms with Gasteiger partial charge in [0.05, 0.1) is 27.7 Å². The highest BCUT2D eigenvalue weighted by atomic mass is 31.2. The van der Waals surface area contributed by atoms with Crippen molar-refractivity contribution in [3.05, 3.63) is 12.2 Å². The summed E-state index contributed by atoms with van der Waals surface area (Å²) in [6.07, 6.45) is 12.9. The maximum Gasteiger partial charge on any atom is 0.472 e. The smallest absolute Gasteiger partial charge is 0.462 e. The maximum atomic E-state index is 12.3. The minimum absolute atomic E-state index is 0.0300. The Morgan fingerprint density at radius 3 is 2.17 bits per heavy atom. The van der Waals surface area contributed by atoms with Gasteiger partial charge in [0.2, 0.25) is 0 Å². The van der Waals surface area contributed by atoms with Crippen LogP contribution in [0.4, 0.5) is 0 Å². The first-order chi connectivity index (χ1) is 16.5. The van der Waals surface area contributed by atoms with Gasteiger partial charge in [0.15, 0.2) is 6.10 Å². The van der Waals surface area contributed by atoms with E-state index in [-0.39, 0.29) is 26.1 Å². The Hall–Kier alpha value is -1.25. The average molecular weight is 523 g/mol. The molecule has 0 bridgehead atoms. The quantitative estimate of drug-likeness (QED) is 0.0682. The predicted octanol–water partition coefficient (Wildman–Crippen LogP) is 5.17. The van der Waals surface area contributed by atoms with Crippen molar-refractivity contribution in [3.63, 3.8) is 0 Å². The molecule has 1 N–H and O–H groups in total. The highest BCUT2D eigenvalue weighted by Gasteiger charge is 2.26. The number of esters is 2. The molecule has 206 valence electrons. The van der Waals surface area contributed by atoms with Crippen molar-refractivity contribution in [2.24, 2.45) is 0 Å². The number of hydrogen-bond acceptors (Lipinski definition) is 7. The molecule has 10 heteroatoms. The Balaban J connectivity index is 4.43. The second kappa shape index (κ2) is 19.9. The number of nitrogens with zero attached hydrogens (tertiary/aromatic N) is 1. The lowest BCUT2D eigenvalue weighted by Crippen LogP contribution is -2.37. The molecule has 2 atom stereocenters. The van der Waals surface area contributed by atoms with E-state index >= 15 is 0 Å². The first kappa shape index (κ1) is 33.8. The fourth-order valence-corrected chi connectivity index (χ4v) is 3.67. The molecule has 0 rings (SSSR count). The van der Waals surface area contributed by atoms with Crippen LogP contribution in [0.25, 0.3) is 0 Å². The molecule has 0 aromatic heterocycles. The van der Waals surface area contributed by atoms with Crippen molar-refractivity contribution in [2.45, 2.75) is 90.6 Å². The van der Waals surface area contributed by atoms with Gasteiger partial charge in [-0.05, 0) is 32.1 Å². The Kier molecular flexibility index (Phi) is 19.2. The number of ether oxygens (including phenoxy) is 2.